The highest BCUT2D eigenvalue weighted by molar-refractivity contribution is 5.21. The minimum atomic E-state index is 0.575. The molecule has 0 spiro atoms. The molecule has 0 N–H and O–H groups in total. The van der Waals surface area contributed by atoms with Gasteiger partial charge in [0.1, 0.15) is 0 Å². The molecular weight excluding hydrogens is 242 g/mol. The lowest BCUT2D eigenvalue weighted by atomic mass is 10.0. The molecule has 0 heterocycles. The zero-order valence-corrected chi connectivity index (χ0v) is 13.9. The molecule has 0 radical (unpaired) electrons. The van der Waals surface area contributed by atoms with Gasteiger partial charge in [-0.15, -0.1) is 0 Å². The van der Waals surface area contributed by atoms with Crippen molar-refractivity contribution in [3.63, 3.8) is 0 Å². The fourth-order valence-electron chi connectivity index (χ4n) is 2.67. The van der Waals surface area contributed by atoms with Crippen molar-refractivity contribution in [1.29, 1.82) is 0 Å². The lowest BCUT2D eigenvalue weighted by Gasteiger charge is -2.29. The van der Waals surface area contributed by atoms with Crippen molar-refractivity contribution in [2.45, 2.75) is 59.9 Å². The fraction of sp³-hybridized carbons (Fsp3) is 0.579. The second-order valence-electron chi connectivity index (χ2n) is 5.96. The van der Waals surface area contributed by atoms with Crippen molar-refractivity contribution in [2.24, 2.45) is 0 Å². The summed E-state index contributed by atoms with van der Waals surface area (Å²) in [5.41, 5.74) is 4.22. The molecule has 0 aromatic heterocycles. The van der Waals surface area contributed by atoms with Crippen molar-refractivity contribution < 1.29 is 0 Å². The van der Waals surface area contributed by atoms with E-state index in [0.29, 0.717) is 6.04 Å². The van der Waals surface area contributed by atoms with Gasteiger partial charge < -0.3 is 0 Å². The van der Waals surface area contributed by atoms with Crippen molar-refractivity contribution in [2.75, 3.05) is 13.1 Å². The van der Waals surface area contributed by atoms with E-state index >= 15 is 0 Å². The number of rotatable bonds is 8. The van der Waals surface area contributed by atoms with Crippen LogP contribution in [0.4, 0.5) is 0 Å². The van der Waals surface area contributed by atoms with Gasteiger partial charge in [0.2, 0.25) is 0 Å². The molecule has 1 rings (SSSR count). The quantitative estimate of drug-likeness (QED) is 0.603. The van der Waals surface area contributed by atoms with E-state index in [4.69, 9.17) is 0 Å². The maximum absolute atomic E-state index is 2.60. The molecule has 0 fully saturated rings. The van der Waals surface area contributed by atoms with Crippen LogP contribution in [-0.2, 0) is 6.42 Å². The Bertz CT molecular complexity index is 398. The first-order chi connectivity index (χ1) is 9.56. The minimum Gasteiger partial charge on any atom is -0.297 e. The third-order valence-electron chi connectivity index (χ3n) is 3.76. The van der Waals surface area contributed by atoms with Crippen LogP contribution in [0.5, 0.6) is 0 Å². The number of aryl methyl sites for hydroxylation is 2. The number of hydrogen-bond donors (Lipinski definition) is 0. The van der Waals surface area contributed by atoms with Crippen LogP contribution in [0.1, 0.15) is 51.7 Å². The Balaban J connectivity index is 2.69. The van der Waals surface area contributed by atoms with Crippen molar-refractivity contribution >= 4 is 0 Å². The van der Waals surface area contributed by atoms with Crippen LogP contribution in [0.3, 0.4) is 0 Å². The Morgan fingerprint density at radius 2 is 1.80 bits per heavy atom. The highest BCUT2D eigenvalue weighted by atomic mass is 15.1. The van der Waals surface area contributed by atoms with Crippen LogP contribution >= 0.6 is 0 Å². The molecule has 0 aliphatic carbocycles. The monoisotopic (exact) mass is 273 g/mol. The molecule has 1 nitrogen and oxygen atoms in total. The average Bonchev–Trinajstić information content (AvgIpc) is 2.42. The third-order valence-corrected chi connectivity index (χ3v) is 3.76. The zero-order valence-electron chi connectivity index (χ0n) is 13.9. The van der Waals surface area contributed by atoms with E-state index in [9.17, 15) is 0 Å². The molecule has 0 bridgehead atoms. The summed E-state index contributed by atoms with van der Waals surface area (Å²) in [6, 6.07) is 9.55. The second-order valence-corrected chi connectivity index (χ2v) is 5.96. The fourth-order valence-corrected chi connectivity index (χ4v) is 2.67. The Hall–Kier alpha value is -1.08. The molecular formula is C19H31N. The second kappa shape index (κ2) is 8.97. The first kappa shape index (κ1) is 17.0. The summed E-state index contributed by atoms with van der Waals surface area (Å²) in [4.78, 5) is 2.60. The summed E-state index contributed by atoms with van der Waals surface area (Å²) < 4.78 is 0. The number of nitrogens with zero attached hydrogens (tertiary/aromatic N) is 1. The van der Waals surface area contributed by atoms with Crippen LogP contribution in [0.15, 0.2) is 35.9 Å². The Morgan fingerprint density at radius 1 is 1.15 bits per heavy atom. The van der Waals surface area contributed by atoms with Crippen LogP contribution in [0, 0.1) is 6.92 Å². The summed E-state index contributed by atoms with van der Waals surface area (Å²) in [6.07, 6.45) is 6.04. The van der Waals surface area contributed by atoms with E-state index < -0.39 is 0 Å². The van der Waals surface area contributed by atoms with Gasteiger partial charge in [0.15, 0.2) is 0 Å². The summed E-state index contributed by atoms with van der Waals surface area (Å²) in [7, 11) is 0. The van der Waals surface area contributed by atoms with Crippen molar-refractivity contribution in [3.8, 4) is 0 Å². The summed E-state index contributed by atoms with van der Waals surface area (Å²) in [6.45, 7) is 13.4. The molecule has 1 atom stereocenters. The highest BCUT2D eigenvalue weighted by Crippen LogP contribution is 2.14. The molecule has 0 saturated carbocycles. The van der Waals surface area contributed by atoms with Crippen molar-refractivity contribution in [3.05, 3.63) is 47.0 Å². The first-order valence-electron chi connectivity index (χ1n) is 8.01. The molecule has 0 aliphatic heterocycles. The van der Waals surface area contributed by atoms with Crippen LogP contribution in [0.2, 0.25) is 0 Å². The van der Waals surface area contributed by atoms with E-state index in [1.165, 1.54) is 36.1 Å². The van der Waals surface area contributed by atoms with Gasteiger partial charge >= 0.3 is 0 Å². The van der Waals surface area contributed by atoms with Gasteiger partial charge in [-0.3, -0.25) is 4.90 Å². The lowest BCUT2D eigenvalue weighted by molar-refractivity contribution is 0.231. The number of likely N-dealkylation sites (N-methyl/N-ethyl adjacent to an activating group) is 1. The predicted molar refractivity (Wildman–Crippen MR) is 90.3 cm³/mol. The van der Waals surface area contributed by atoms with Gasteiger partial charge in [-0.1, -0.05) is 55.3 Å². The van der Waals surface area contributed by atoms with Gasteiger partial charge in [-0.2, -0.15) is 0 Å². The third kappa shape index (κ3) is 5.92. The van der Waals surface area contributed by atoms with Gasteiger partial charge in [-0.05, 0) is 58.7 Å². The molecule has 0 aliphatic rings. The SMILES string of the molecule is CCCN(CC)C(C=C(C)C)CCc1ccc(C)cc1. The summed E-state index contributed by atoms with van der Waals surface area (Å²) in [5.74, 6) is 0. The van der Waals surface area contributed by atoms with Crippen molar-refractivity contribution in [1.82, 2.24) is 4.90 Å². The number of allylic oxidation sites excluding steroid dienone is 1. The van der Waals surface area contributed by atoms with E-state index in [-0.39, 0.29) is 0 Å². The standard InChI is InChI=1S/C19H31N/c1-6-14-20(7-2)19(15-16(3)4)13-12-18-10-8-17(5)9-11-18/h8-11,15,19H,6-7,12-14H2,1-5H3. The molecule has 1 aromatic rings. The van der Waals surface area contributed by atoms with Gasteiger partial charge in [-0.25, -0.2) is 0 Å². The van der Waals surface area contributed by atoms with Gasteiger partial charge in [0.25, 0.3) is 0 Å². The number of benzene rings is 1. The molecule has 1 heteroatoms. The zero-order chi connectivity index (χ0) is 15.0. The molecule has 0 saturated heterocycles. The summed E-state index contributed by atoms with van der Waals surface area (Å²) >= 11 is 0. The van der Waals surface area contributed by atoms with Gasteiger partial charge in [0, 0.05) is 6.04 Å². The molecule has 20 heavy (non-hydrogen) atoms. The van der Waals surface area contributed by atoms with Crippen LogP contribution < -0.4 is 0 Å². The number of hydrogen-bond acceptors (Lipinski definition) is 1. The van der Waals surface area contributed by atoms with E-state index in [1.54, 1.807) is 0 Å². The Labute approximate surface area is 125 Å². The molecule has 1 aromatic carbocycles. The van der Waals surface area contributed by atoms with E-state index in [1.807, 2.05) is 0 Å². The van der Waals surface area contributed by atoms with E-state index in [2.05, 4.69) is 69.9 Å². The molecule has 1 unspecified atom stereocenters. The average molecular weight is 273 g/mol. The predicted octanol–water partition coefficient (Wildman–Crippen LogP) is 4.99. The molecule has 112 valence electrons. The maximum Gasteiger partial charge on any atom is 0.0283 e. The summed E-state index contributed by atoms with van der Waals surface area (Å²) in [5, 5.41) is 0. The Kier molecular flexibility index (Phi) is 7.61. The topological polar surface area (TPSA) is 3.24 Å². The minimum absolute atomic E-state index is 0.575. The smallest absolute Gasteiger partial charge is 0.0283 e. The maximum atomic E-state index is 2.60. The lowest BCUT2D eigenvalue weighted by Crippen LogP contribution is -2.35. The molecule has 0 amide bonds. The largest absolute Gasteiger partial charge is 0.297 e. The highest BCUT2D eigenvalue weighted by Gasteiger charge is 2.13. The van der Waals surface area contributed by atoms with Crippen LogP contribution in [0.25, 0.3) is 0 Å². The normalized spacial score (nSPS) is 12.5. The van der Waals surface area contributed by atoms with E-state index in [0.717, 1.165) is 13.0 Å². The first-order valence-corrected chi connectivity index (χ1v) is 8.01. The van der Waals surface area contributed by atoms with Crippen LogP contribution in [-0.4, -0.2) is 24.0 Å². The van der Waals surface area contributed by atoms with Gasteiger partial charge in [0.05, 0.1) is 0 Å². The Morgan fingerprint density at radius 3 is 2.30 bits per heavy atom.